The van der Waals surface area contributed by atoms with Gasteiger partial charge in [-0.1, -0.05) is 6.08 Å². The summed E-state index contributed by atoms with van der Waals surface area (Å²) in [6, 6.07) is 0. The standard InChI is InChI=1S/C6H10N2/c1-8-5-3-2-4-7-6-8/h3,5-6H,2,4H2,1H3. The summed E-state index contributed by atoms with van der Waals surface area (Å²) in [5, 5.41) is 0. The molecule has 0 spiro atoms. The van der Waals surface area contributed by atoms with E-state index >= 15 is 0 Å². The Morgan fingerprint density at radius 1 is 1.62 bits per heavy atom. The zero-order valence-electron chi connectivity index (χ0n) is 5.04. The molecule has 8 heavy (non-hydrogen) atoms. The Hall–Kier alpha value is -0.790. The molecule has 0 atom stereocenters. The lowest BCUT2D eigenvalue weighted by molar-refractivity contribution is 0.711. The van der Waals surface area contributed by atoms with Crippen molar-refractivity contribution in [3.63, 3.8) is 0 Å². The van der Waals surface area contributed by atoms with Crippen molar-refractivity contribution in [3.05, 3.63) is 12.3 Å². The molecular weight excluding hydrogens is 100 g/mol. The smallest absolute Gasteiger partial charge is 0.0887 e. The van der Waals surface area contributed by atoms with E-state index in [4.69, 9.17) is 0 Å². The Kier molecular flexibility index (Phi) is 1.67. The van der Waals surface area contributed by atoms with Crippen LogP contribution in [-0.4, -0.2) is 24.8 Å². The molecule has 0 N–H and O–H groups in total. The first kappa shape index (κ1) is 5.35. The minimum atomic E-state index is 0.931. The number of aliphatic imine (C=N–C) groups is 1. The van der Waals surface area contributed by atoms with Crippen LogP contribution in [-0.2, 0) is 0 Å². The molecule has 0 aromatic carbocycles. The van der Waals surface area contributed by atoms with Gasteiger partial charge in [-0.3, -0.25) is 4.99 Å². The van der Waals surface area contributed by atoms with Crippen molar-refractivity contribution < 1.29 is 0 Å². The highest BCUT2D eigenvalue weighted by Gasteiger charge is 1.86. The fraction of sp³-hybridized carbons (Fsp3) is 0.500. The summed E-state index contributed by atoms with van der Waals surface area (Å²) in [7, 11) is 1.98. The van der Waals surface area contributed by atoms with E-state index in [0.717, 1.165) is 13.0 Å². The summed E-state index contributed by atoms with van der Waals surface area (Å²) >= 11 is 0. The van der Waals surface area contributed by atoms with Crippen LogP contribution in [0.15, 0.2) is 17.3 Å². The Balaban J connectivity index is 2.51. The largest absolute Gasteiger partial charge is 0.343 e. The Labute approximate surface area is 49.5 Å². The number of hydrogen-bond acceptors (Lipinski definition) is 2. The summed E-state index contributed by atoms with van der Waals surface area (Å²) in [6.07, 6.45) is 7.05. The lowest BCUT2D eigenvalue weighted by Crippen LogP contribution is -2.05. The van der Waals surface area contributed by atoms with Crippen LogP contribution in [0.2, 0.25) is 0 Å². The van der Waals surface area contributed by atoms with Gasteiger partial charge in [0.2, 0.25) is 0 Å². The predicted octanol–water partition coefficient (Wildman–Crippen LogP) is 0.864. The third-order valence-electron chi connectivity index (χ3n) is 1.03. The van der Waals surface area contributed by atoms with E-state index in [1.54, 1.807) is 0 Å². The van der Waals surface area contributed by atoms with Crippen molar-refractivity contribution >= 4 is 6.34 Å². The van der Waals surface area contributed by atoms with Crippen LogP contribution >= 0.6 is 0 Å². The fourth-order valence-corrected chi connectivity index (χ4v) is 0.615. The molecule has 0 saturated carbocycles. The number of rotatable bonds is 0. The summed E-state index contributed by atoms with van der Waals surface area (Å²) in [6.45, 7) is 0.931. The van der Waals surface area contributed by atoms with E-state index in [1.807, 2.05) is 24.5 Å². The third kappa shape index (κ3) is 1.37. The number of nitrogens with zero attached hydrogens (tertiary/aromatic N) is 2. The van der Waals surface area contributed by atoms with Crippen molar-refractivity contribution in [2.24, 2.45) is 4.99 Å². The molecule has 0 unspecified atom stereocenters. The Morgan fingerprint density at radius 3 is 3.38 bits per heavy atom. The van der Waals surface area contributed by atoms with Crippen molar-refractivity contribution in [1.82, 2.24) is 4.90 Å². The third-order valence-corrected chi connectivity index (χ3v) is 1.03. The van der Waals surface area contributed by atoms with E-state index in [2.05, 4.69) is 11.1 Å². The molecule has 1 aliphatic rings. The van der Waals surface area contributed by atoms with Crippen LogP contribution in [0.4, 0.5) is 0 Å². The van der Waals surface area contributed by atoms with Gasteiger partial charge >= 0.3 is 0 Å². The van der Waals surface area contributed by atoms with Crippen molar-refractivity contribution in [3.8, 4) is 0 Å². The molecule has 0 radical (unpaired) electrons. The second kappa shape index (κ2) is 2.50. The minimum absolute atomic E-state index is 0.931. The normalized spacial score (nSPS) is 18.9. The summed E-state index contributed by atoms with van der Waals surface area (Å²) < 4.78 is 0. The zero-order chi connectivity index (χ0) is 5.82. The van der Waals surface area contributed by atoms with E-state index in [1.165, 1.54) is 0 Å². The average Bonchev–Trinajstić information content (AvgIpc) is 1.94. The highest BCUT2D eigenvalue weighted by molar-refractivity contribution is 5.56. The van der Waals surface area contributed by atoms with Gasteiger partial charge < -0.3 is 4.90 Å². The maximum absolute atomic E-state index is 4.09. The molecular formula is C6H10N2. The van der Waals surface area contributed by atoms with E-state index in [0.29, 0.717) is 0 Å². The lowest BCUT2D eigenvalue weighted by Gasteiger charge is -2.00. The van der Waals surface area contributed by atoms with Crippen LogP contribution in [0.1, 0.15) is 6.42 Å². The SMILES string of the molecule is CN1C=CCCN=C1. The molecule has 0 fully saturated rings. The van der Waals surface area contributed by atoms with E-state index < -0.39 is 0 Å². The summed E-state index contributed by atoms with van der Waals surface area (Å²) in [5.41, 5.74) is 0. The molecule has 0 aromatic heterocycles. The predicted molar refractivity (Wildman–Crippen MR) is 34.9 cm³/mol. The molecule has 0 aromatic rings. The second-order valence-electron chi connectivity index (χ2n) is 1.86. The molecule has 1 heterocycles. The number of hydrogen-bond donors (Lipinski definition) is 0. The van der Waals surface area contributed by atoms with Crippen LogP contribution < -0.4 is 0 Å². The van der Waals surface area contributed by atoms with Crippen molar-refractivity contribution in [2.45, 2.75) is 6.42 Å². The summed E-state index contributed by atoms with van der Waals surface area (Å²) in [5.74, 6) is 0. The van der Waals surface area contributed by atoms with E-state index in [-0.39, 0.29) is 0 Å². The van der Waals surface area contributed by atoms with Gasteiger partial charge in [0, 0.05) is 19.8 Å². The zero-order valence-corrected chi connectivity index (χ0v) is 5.04. The van der Waals surface area contributed by atoms with Gasteiger partial charge in [-0.05, 0) is 6.42 Å². The average molecular weight is 110 g/mol. The molecule has 0 bridgehead atoms. The van der Waals surface area contributed by atoms with Crippen molar-refractivity contribution in [2.75, 3.05) is 13.6 Å². The molecule has 2 heteroatoms. The molecule has 1 aliphatic heterocycles. The molecule has 1 rings (SSSR count). The first-order valence-electron chi connectivity index (χ1n) is 2.78. The maximum atomic E-state index is 4.09. The van der Waals surface area contributed by atoms with Gasteiger partial charge in [0.05, 0.1) is 6.34 Å². The van der Waals surface area contributed by atoms with Gasteiger partial charge in [0.1, 0.15) is 0 Å². The van der Waals surface area contributed by atoms with Gasteiger partial charge in [-0.2, -0.15) is 0 Å². The van der Waals surface area contributed by atoms with Crippen LogP contribution in [0.25, 0.3) is 0 Å². The molecule has 0 aliphatic carbocycles. The fourth-order valence-electron chi connectivity index (χ4n) is 0.615. The topological polar surface area (TPSA) is 15.6 Å². The molecule has 2 nitrogen and oxygen atoms in total. The van der Waals surface area contributed by atoms with Crippen LogP contribution in [0, 0.1) is 0 Å². The monoisotopic (exact) mass is 110 g/mol. The first-order chi connectivity index (χ1) is 3.89. The second-order valence-corrected chi connectivity index (χ2v) is 1.86. The van der Waals surface area contributed by atoms with E-state index in [9.17, 15) is 0 Å². The van der Waals surface area contributed by atoms with Crippen molar-refractivity contribution in [1.29, 1.82) is 0 Å². The van der Waals surface area contributed by atoms with Crippen LogP contribution in [0.5, 0.6) is 0 Å². The molecule has 0 saturated heterocycles. The minimum Gasteiger partial charge on any atom is -0.343 e. The first-order valence-corrected chi connectivity index (χ1v) is 2.78. The lowest BCUT2D eigenvalue weighted by atomic mass is 10.4. The highest BCUT2D eigenvalue weighted by Crippen LogP contribution is 1.91. The quantitative estimate of drug-likeness (QED) is 0.451. The van der Waals surface area contributed by atoms with Gasteiger partial charge in [0.25, 0.3) is 0 Å². The van der Waals surface area contributed by atoms with Crippen LogP contribution in [0.3, 0.4) is 0 Å². The van der Waals surface area contributed by atoms with Gasteiger partial charge in [-0.25, -0.2) is 0 Å². The molecule has 44 valence electrons. The maximum Gasteiger partial charge on any atom is 0.0887 e. The van der Waals surface area contributed by atoms with Gasteiger partial charge in [0.15, 0.2) is 0 Å². The van der Waals surface area contributed by atoms with Gasteiger partial charge in [-0.15, -0.1) is 0 Å². The Morgan fingerprint density at radius 2 is 2.50 bits per heavy atom. The highest BCUT2D eigenvalue weighted by atomic mass is 15.1. The molecule has 0 amide bonds. The Bertz CT molecular complexity index is 102. The summed E-state index contributed by atoms with van der Waals surface area (Å²) in [4.78, 5) is 6.04.